The molecule has 7 nitrogen and oxygen atoms in total. The van der Waals surface area contributed by atoms with Gasteiger partial charge in [-0.05, 0) is 45.1 Å². The number of aliphatic imine (C=N–C) groups is 1. The second-order valence-corrected chi connectivity index (χ2v) is 9.08. The van der Waals surface area contributed by atoms with E-state index in [9.17, 15) is 4.79 Å². The molecular weight excluding hydrogens is 366 g/mol. The molecule has 3 rings (SSSR count). The first-order chi connectivity index (χ1) is 14.1. The summed E-state index contributed by atoms with van der Waals surface area (Å²) < 4.78 is 5.38. The summed E-state index contributed by atoms with van der Waals surface area (Å²) in [5.74, 6) is 2.21. The molecule has 1 amide bonds. The molecule has 0 spiro atoms. The summed E-state index contributed by atoms with van der Waals surface area (Å²) in [5.41, 5.74) is 0. The van der Waals surface area contributed by atoms with E-state index in [2.05, 4.69) is 35.9 Å². The van der Waals surface area contributed by atoms with Crippen LogP contribution in [0.4, 0.5) is 0 Å². The Kier molecular flexibility index (Phi) is 8.60. The molecule has 7 heteroatoms. The Hall–Kier alpha value is -1.34. The lowest BCUT2D eigenvalue weighted by Crippen LogP contribution is -2.50. The topological polar surface area (TPSA) is 60.4 Å². The highest BCUT2D eigenvalue weighted by molar-refractivity contribution is 5.82. The number of carbonyl (C=O) groups excluding carboxylic acids is 1. The summed E-state index contributed by atoms with van der Waals surface area (Å²) >= 11 is 0. The van der Waals surface area contributed by atoms with Gasteiger partial charge in [0.25, 0.3) is 0 Å². The van der Waals surface area contributed by atoms with Gasteiger partial charge in [0.2, 0.25) is 5.91 Å². The highest BCUT2D eigenvalue weighted by Crippen LogP contribution is 2.22. The second kappa shape index (κ2) is 11.2. The fraction of sp³-hybridized carbons (Fsp3) is 0.909. The van der Waals surface area contributed by atoms with Crippen molar-refractivity contribution in [1.29, 1.82) is 0 Å². The van der Waals surface area contributed by atoms with Crippen molar-refractivity contribution in [2.24, 2.45) is 16.8 Å². The van der Waals surface area contributed by atoms with Crippen LogP contribution in [0.2, 0.25) is 0 Å². The summed E-state index contributed by atoms with van der Waals surface area (Å²) in [6.45, 7) is 15.5. The number of hydrogen-bond donors (Lipinski definition) is 1. The molecule has 29 heavy (non-hydrogen) atoms. The molecule has 0 saturated carbocycles. The van der Waals surface area contributed by atoms with Crippen molar-refractivity contribution in [3.8, 4) is 0 Å². The molecule has 1 atom stereocenters. The molecule has 0 radical (unpaired) electrons. The van der Waals surface area contributed by atoms with Gasteiger partial charge in [0.15, 0.2) is 5.96 Å². The van der Waals surface area contributed by atoms with Crippen molar-refractivity contribution in [3.05, 3.63) is 0 Å². The zero-order valence-corrected chi connectivity index (χ0v) is 18.7. The van der Waals surface area contributed by atoms with Crippen molar-refractivity contribution in [1.82, 2.24) is 20.0 Å². The molecule has 3 aliphatic rings. The fourth-order valence-corrected chi connectivity index (χ4v) is 4.81. The summed E-state index contributed by atoms with van der Waals surface area (Å²) in [6, 6.07) is 0.575. The monoisotopic (exact) mass is 407 g/mol. The molecule has 0 unspecified atom stereocenters. The van der Waals surface area contributed by atoms with E-state index < -0.39 is 0 Å². The minimum Gasteiger partial charge on any atom is -0.378 e. The van der Waals surface area contributed by atoms with E-state index >= 15 is 0 Å². The molecule has 3 saturated heterocycles. The van der Waals surface area contributed by atoms with E-state index in [4.69, 9.17) is 9.73 Å². The van der Waals surface area contributed by atoms with Crippen LogP contribution in [0.1, 0.15) is 46.5 Å². The van der Waals surface area contributed by atoms with Gasteiger partial charge in [0, 0.05) is 51.2 Å². The van der Waals surface area contributed by atoms with Crippen molar-refractivity contribution >= 4 is 11.9 Å². The Bertz CT molecular complexity index is 539. The predicted molar refractivity (Wildman–Crippen MR) is 117 cm³/mol. The summed E-state index contributed by atoms with van der Waals surface area (Å²) in [7, 11) is 0. The Morgan fingerprint density at radius 2 is 1.79 bits per heavy atom. The van der Waals surface area contributed by atoms with E-state index in [0.29, 0.717) is 31.1 Å². The van der Waals surface area contributed by atoms with Gasteiger partial charge in [-0.2, -0.15) is 0 Å². The van der Waals surface area contributed by atoms with Crippen LogP contribution in [0.5, 0.6) is 0 Å². The average Bonchev–Trinajstić information content (AvgIpc) is 3.17. The van der Waals surface area contributed by atoms with Crippen LogP contribution in [-0.4, -0.2) is 98.2 Å². The number of carbonyl (C=O) groups is 1. The van der Waals surface area contributed by atoms with E-state index in [0.717, 1.165) is 58.1 Å². The normalized spacial score (nSPS) is 25.1. The number of ether oxygens (including phenoxy) is 1. The molecule has 1 N–H and O–H groups in total. The average molecular weight is 408 g/mol. The third kappa shape index (κ3) is 6.32. The third-order valence-corrected chi connectivity index (χ3v) is 6.35. The summed E-state index contributed by atoms with van der Waals surface area (Å²) in [6.07, 6.45) is 4.39. The highest BCUT2D eigenvalue weighted by atomic mass is 16.5. The highest BCUT2D eigenvalue weighted by Gasteiger charge is 2.31. The standard InChI is InChI=1S/C22H41N5O2/c1-4-23-22(24-16-20-6-5-9-27(20)17-18(2)3)26-10-7-19(8-11-26)21(28)25-12-14-29-15-13-25/h18-20H,4-17H2,1-3H3,(H,23,24)/t20-/m1/s1. The van der Waals surface area contributed by atoms with Crippen LogP contribution in [0.25, 0.3) is 0 Å². The third-order valence-electron chi connectivity index (χ3n) is 6.35. The van der Waals surface area contributed by atoms with Crippen molar-refractivity contribution in [2.75, 3.05) is 65.6 Å². The minimum absolute atomic E-state index is 0.156. The van der Waals surface area contributed by atoms with Crippen LogP contribution in [0.3, 0.4) is 0 Å². The zero-order valence-electron chi connectivity index (χ0n) is 18.7. The van der Waals surface area contributed by atoms with Crippen LogP contribution in [0.15, 0.2) is 4.99 Å². The molecular formula is C22H41N5O2. The van der Waals surface area contributed by atoms with E-state index in [1.54, 1.807) is 0 Å². The van der Waals surface area contributed by atoms with Gasteiger partial charge in [-0.25, -0.2) is 0 Å². The smallest absolute Gasteiger partial charge is 0.225 e. The maximum atomic E-state index is 12.8. The number of nitrogens with zero attached hydrogens (tertiary/aromatic N) is 4. The Balaban J connectivity index is 1.52. The predicted octanol–water partition coefficient (Wildman–Crippen LogP) is 1.64. The molecule has 0 bridgehead atoms. The number of likely N-dealkylation sites (tertiary alicyclic amines) is 2. The lowest BCUT2D eigenvalue weighted by atomic mass is 9.95. The van der Waals surface area contributed by atoms with Gasteiger partial charge in [0.1, 0.15) is 0 Å². The van der Waals surface area contributed by atoms with Gasteiger partial charge in [0.05, 0.1) is 19.8 Å². The molecule has 166 valence electrons. The number of piperidine rings is 1. The number of nitrogens with one attached hydrogen (secondary N) is 1. The van der Waals surface area contributed by atoms with E-state index in [-0.39, 0.29) is 5.92 Å². The zero-order chi connectivity index (χ0) is 20.6. The number of hydrogen-bond acceptors (Lipinski definition) is 4. The second-order valence-electron chi connectivity index (χ2n) is 9.08. The van der Waals surface area contributed by atoms with Crippen LogP contribution < -0.4 is 5.32 Å². The fourth-order valence-electron chi connectivity index (χ4n) is 4.81. The lowest BCUT2D eigenvalue weighted by molar-refractivity contribution is -0.140. The molecule has 3 heterocycles. The number of rotatable bonds is 6. The van der Waals surface area contributed by atoms with Crippen LogP contribution >= 0.6 is 0 Å². The molecule has 0 aromatic carbocycles. The molecule has 0 aromatic rings. The largest absolute Gasteiger partial charge is 0.378 e. The molecule has 3 aliphatic heterocycles. The van der Waals surface area contributed by atoms with Gasteiger partial charge in [-0.3, -0.25) is 14.7 Å². The first-order valence-corrected chi connectivity index (χ1v) is 11.7. The molecule has 3 fully saturated rings. The number of amides is 1. The molecule has 0 aromatic heterocycles. The summed E-state index contributed by atoms with van der Waals surface area (Å²) in [5, 5.41) is 3.48. The van der Waals surface area contributed by atoms with Crippen LogP contribution in [0, 0.1) is 11.8 Å². The van der Waals surface area contributed by atoms with Gasteiger partial charge in [-0.15, -0.1) is 0 Å². The summed E-state index contributed by atoms with van der Waals surface area (Å²) in [4.78, 5) is 24.8. The van der Waals surface area contributed by atoms with Gasteiger partial charge >= 0.3 is 0 Å². The number of guanidine groups is 1. The lowest BCUT2D eigenvalue weighted by Gasteiger charge is -2.37. The Morgan fingerprint density at radius 3 is 2.45 bits per heavy atom. The minimum atomic E-state index is 0.156. The SMILES string of the molecule is CCNC(=NC[C@H]1CCCN1CC(C)C)N1CCC(C(=O)N2CCOCC2)CC1. The van der Waals surface area contributed by atoms with Crippen molar-refractivity contribution < 1.29 is 9.53 Å². The Labute approximate surface area is 176 Å². The maximum absolute atomic E-state index is 12.8. The van der Waals surface area contributed by atoms with Crippen LogP contribution in [-0.2, 0) is 9.53 Å². The van der Waals surface area contributed by atoms with Crippen molar-refractivity contribution in [3.63, 3.8) is 0 Å². The molecule has 0 aliphatic carbocycles. The number of morpholine rings is 1. The van der Waals surface area contributed by atoms with Crippen molar-refractivity contribution in [2.45, 2.75) is 52.5 Å². The van der Waals surface area contributed by atoms with E-state index in [1.807, 2.05) is 4.90 Å². The first-order valence-electron chi connectivity index (χ1n) is 11.7. The maximum Gasteiger partial charge on any atom is 0.225 e. The first kappa shape index (κ1) is 22.3. The van der Waals surface area contributed by atoms with E-state index in [1.165, 1.54) is 25.9 Å². The van der Waals surface area contributed by atoms with Gasteiger partial charge in [-0.1, -0.05) is 13.8 Å². The Morgan fingerprint density at radius 1 is 1.07 bits per heavy atom. The van der Waals surface area contributed by atoms with Gasteiger partial charge < -0.3 is 19.9 Å². The quantitative estimate of drug-likeness (QED) is 0.536.